The first-order valence-electron chi connectivity index (χ1n) is 9.19. The average Bonchev–Trinajstić information content (AvgIpc) is 3.05. The minimum Gasteiger partial charge on any atom is -0.497 e. The number of hydrogen-bond acceptors (Lipinski definition) is 4. The molecule has 0 aliphatic rings. The molecule has 0 aliphatic carbocycles. The lowest BCUT2D eigenvalue weighted by Crippen LogP contribution is -2.28. The first-order chi connectivity index (χ1) is 13.5. The lowest BCUT2D eigenvalue weighted by molar-refractivity contribution is -0.127. The van der Waals surface area contributed by atoms with E-state index in [4.69, 9.17) is 9.47 Å². The lowest BCUT2D eigenvalue weighted by Gasteiger charge is -2.15. The maximum Gasteiger partial charge on any atom is 0.254 e. The van der Waals surface area contributed by atoms with Gasteiger partial charge < -0.3 is 14.8 Å². The van der Waals surface area contributed by atoms with Gasteiger partial charge in [-0.05, 0) is 37.1 Å². The van der Waals surface area contributed by atoms with E-state index in [0.29, 0.717) is 19.0 Å². The number of aromatic nitrogens is 2. The van der Waals surface area contributed by atoms with E-state index in [0.717, 1.165) is 22.6 Å². The Bertz CT molecular complexity index is 922. The van der Waals surface area contributed by atoms with Crippen molar-refractivity contribution >= 4 is 11.7 Å². The van der Waals surface area contributed by atoms with E-state index in [1.165, 1.54) is 0 Å². The molecule has 1 aromatic heterocycles. The Kier molecular flexibility index (Phi) is 6.45. The van der Waals surface area contributed by atoms with Crippen LogP contribution in [0.15, 0.2) is 60.7 Å². The van der Waals surface area contributed by atoms with Crippen LogP contribution in [-0.4, -0.2) is 28.9 Å². The van der Waals surface area contributed by atoms with Crippen LogP contribution in [0, 0.1) is 6.92 Å². The molecule has 6 heteroatoms. The third kappa shape index (κ3) is 5.20. The van der Waals surface area contributed by atoms with Crippen molar-refractivity contribution in [3.8, 4) is 5.75 Å². The number of carbonyl (C=O) groups is 1. The second kappa shape index (κ2) is 9.19. The molecular formula is C22H25N3O3. The lowest BCUT2D eigenvalue weighted by atomic mass is 10.2. The Morgan fingerprint density at radius 1 is 1.11 bits per heavy atom. The van der Waals surface area contributed by atoms with Crippen LogP contribution in [0.5, 0.6) is 5.75 Å². The molecule has 6 nitrogen and oxygen atoms in total. The number of ether oxygens (including phenoxy) is 2. The Labute approximate surface area is 165 Å². The monoisotopic (exact) mass is 379 g/mol. The van der Waals surface area contributed by atoms with Gasteiger partial charge >= 0.3 is 0 Å². The molecule has 1 heterocycles. The summed E-state index contributed by atoms with van der Waals surface area (Å²) < 4.78 is 12.7. The third-order valence-corrected chi connectivity index (χ3v) is 4.33. The molecule has 0 bridgehead atoms. The summed E-state index contributed by atoms with van der Waals surface area (Å²) in [7, 11) is 1.62. The predicted molar refractivity (Wildman–Crippen MR) is 108 cm³/mol. The standard InChI is InChI=1S/C22H25N3O3/c1-16-12-21(25(24-16)14-18-8-5-4-6-9-18)23-22(26)17(2)28-15-19-10-7-11-20(13-19)27-3/h4-13,17H,14-15H2,1-3H3,(H,23,26). The first kappa shape index (κ1) is 19.6. The topological polar surface area (TPSA) is 65.4 Å². The van der Waals surface area contributed by atoms with Gasteiger partial charge in [-0.3, -0.25) is 4.79 Å². The van der Waals surface area contributed by atoms with Crippen molar-refractivity contribution in [2.24, 2.45) is 0 Å². The molecule has 0 aliphatic heterocycles. The summed E-state index contributed by atoms with van der Waals surface area (Å²) in [5, 5.41) is 7.40. The highest BCUT2D eigenvalue weighted by Gasteiger charge is 2.17. The summed E-state index contributed by atoms with van der Waals surface area (Å²) >= 11 is 0. The number of amides is 1. The van der Waals surface area contributed by atoms with Crippen molar-refractivity contribution in [2.45, 2.75) is 33.1 Å². The van der Waals surface area contributed by atoms with Crippen molar-refractivity contribution in [1.82, 2.24) is 9.78 Å². The van der Waals surface area contributed by atoms with Gasteiger partial charge in [-0.2, -0.15) is 5.10 Å². The number of aryl methyl sites for hydroxylation is 1. The molecule has 1 amide bonds. The molecular weight excluding hydrogens is 354 g/mol. The van der Waals surface area contributed by atoms with E-state index in [2.05, 4.69) is 10.4 Å². The largest absolute Gasteiger partial charge is 0.497 e. The van der Waals surface area contributed by atoms with E-state index in [-0.39, 0.29) is 5.91 Å². The Morgan fingerprint density at radius 3 is 2.61 bits per heavy atom. The molecule has 3 aromatic rings. The van der Waals surface area contributed by atoms with Gasteiger partial charge in [0, 0.05) is 6.07 Å². The molecule has 0 fully saturated rings. The SMILES string of the molecule is COc1cccc(COC(C)C(=O)Nc2cc(C)nn2Cc2ccccc2)c1. The summed E-state index contributed by atoms with van der Waals surface area (Å²) in [6, 6.07) is 19.5. The summed E-state index contributed by atoms with van der Waals surface area (Å²) in [4.78, 5) is 12.6. The maximum atomic E-state index is 12.6. The number of anilines is 1. The zero-order chi connectivity index (χ0) is 19.9. The van der Waals surface area contributed by atoms with Crippen LogP contribution in [0.2, 0.25) is 0 Å². The molecule has 2 aromatic carbocycles. The molecule has 3 rings (SSSR count). The number of nitrogens with zero attached hydrogens (tertiary/aromatic N) is 2. The van der Waals surface area contributed by atoms with E-state index in [9.17, 15) is 4.79 Å². The van der Waals surface area contributed by atoms with Crippen molar-refractivity contribution in [3.05, 3.63) is 77.5 Å². The van der Waals surface area contributed by atoms with Gasteiger partial charge in [-0.25, -0.2) is 4.68 Å². The van der Waals surface area contributed by atoms with E-state index in [1.54, 1.807) is 18.7 Å². The fourth-order valence-corrected chi connectivity index (χ4v) is 2.81. The summed E-state index contributed by atoms with van der Waals surface area (Å²) in [5.41, 5.74) is 2.91. The number of carbonyl (C=O) groups excluding carboxylic acids is 1. The molecule has 28 heavy (non-hydrogen) atoms. The number of methoxy groups -OCH3 is 1. The minimum absolute atomic E-state index is 0.211. The normalized spacial score (nSPS) is 11.8. The highest BCUT2D eigenvalue weighted by Crippen LogP contribution is 2.16. The van der Waals surface area contributed by atoms with Crippen LogP contribution >= 0.6 is 0 Å². The second-order valence-electron chi connectivity index (χ2n) is 6.61. The zero-order valence-electron chi connectivity index (χ0n) is 16.4. The molecule has 0 saturated carbocycles. The van der Waals surface area contributed by atoms with Gasteiger partial charge in [-0.1, -0.05) is 42.5 Å². The van der Waals surface area contributed by atoms with Crippen molar-refractivity contribution in [3.63, 3.8) is 0 Å². The van der Waals surface area contributed by atoms with Gasteiger partial charge in [0.25, 0.3) is 5.91 Å². The maximum absolute atomic E-state index is 12.6. The number of hydrogen-bond donors (Lipinski definition) is 1. The van der Waals surface area contributed by atoms with E-state index in [1.807, 2.05) is 67.6 Å². The second-order valence-corrected chi connectivity index (χ2v) is 6.61. The average molecular weight is 379 g/mol. The quantitative estimate of drug-likeness (QED) is 0.647. The number of benzene rings is 2. The van der Waals surface area contributed by atoms with Crippen LogP contribution in [0.4, 0.5) is 5.82 Å². The Morgan fingerprint density at radius 2 is 1.86 bits per heavy atom. The smallest absolute Gasteiger partial charge is 0.254 e. The highest BCUT2D eigenvalue weighted by molar-refractivity contribution is 5.93. The summed E-state index contributed by atoms with van der Waals surface area (Å²) in [6.45, 7) is 4.55. The molecule has 0 saturated heterocycles. The van der Waals surface area contributed by atoms with Gasteiger partial charge in [0.2, 0.25) is 0 Å². The Hall–Kier alpha value is -3.12. The molecule has 1 N–H and O–H groups in total. The minimum atomic E-state index is -0.605. The van der Waals surface area contributed by atoms with Crippen LogP contribution < -0.4 is 10.1 Å². The van der Waals surface area contributed by atoms with Crippen molar-refractivity contribution in [2.75, 3.05) is 12.4 Å². The van der Waals surface area contributed by atoms with Crippen LogP contribution in [0.1, 0.15) is 23.7 Å². The highest BCUT2D eigenvalue weighted by atomic mass is 16.5. The van der Waals surface area contributed by atoms with Crippen LogP contribution in [-0.2, 0) is 22.7 Å². The fourth-order valence-electron chi connectivity index (χ4n) is 2.81. The van der Waals surface area contributed by atoms with Gasteiger partial charge in [0.15, 0.2) is 0 Å². The van der Waals surface area contributed by atoms with Crippen molar-refractivity contribution < 1.29 is 14.3 Å². The van der Waals surface area contributed by atoms with Gasteiger partial charge in [0.05, 0.1) is 26.0 Å². The van der Waals surface area contributed by atoms with Crippen LogP contribution in [0.3, 0.4) is 0 Å². The molecule has 1 unspecified atom stereocenters. The molecule has 0 spiro atoms. The van der Waals surface area contributed by atoms with Gasteiger partial charge in [-0.15, -0.1) is 0 Å². The molecule has 0 radical (unpaired) electrons. The predicted octanol–water partition coefficient (Wildman–Crippen LogP) is 3.79. The zero-order valence-corrected chi connectivity index (χ0v) is 16.4. The molecule has 146 valence electrons. The number of rotatable bonds is 8. The molecule has 1 atom stereocenters. The third-order valence-electron chi connectivity index (χ3n) is 4.33. The number of nitrogens with one attached hydrogen (secondary N) is 1. The van der Waals surface area contributed by atoms with Gasteiger partial charge in [0.1, 0.15) is 17.7 Å². The van der Waals surface area contributed by atoms with E-state index >= 15 is 0 Å². The van der Waals surface area contributed by atoms with Crippen LogP contribution in [0.25, 0.3) is 0 Å². The Balaban J connectivity index is 1.60. The first-order valence-corrected chi connectivity index (χ1v) is 9.19. The fraction of sp³-hybridized carbons (Fsp3) is 0.273. The van der Waals surface area contributed by atoms with E-state index < -0.39 is 6.10 Å². The summed E-state index contributed by atoms with van der Waals surface area (Å²) in [5.74, 6) is 1.21. The summed E-state index contributed by atoms with van der Waals surface area (Å²) in [6.07, 6.45) is -0.605. The van der Waals surface area contributed by atoms with Crippen molar-refractivity contribution in [1.29, 1.82) is 0 Å².